The van der Waals surface area contributed by atoms with Gasteiger partial charge in [-0.25, -0.2) is 4.99 Å². The first kappa shape index (κ1) is 11.9. The third-order valence-corrected chi connectivity index (χ3v) is 2.90. The van der Waals surface area contributed by atoms with Gasteiger partial charge in [-0.05, 0) is 30.5 Å². The Bertz CT molecular complexity index is 497. The highest BCUT2D eigenvalue weighted by atomic mass is 35.5. The Morgan fingerprint density at radius 3 is 3.00 bits per heavy atom. The molecule has 0 unspecified atom stereocenters. The fourth-order valence-corrected chi connectivity index (χ4v) is 1.97. The number of nitrogens with one attached hydrogen (secondary N) is 1. The summed E-state index contributed by atoms with van der Waals surface area (Å²) in [6.07, 6.45) is 1.26. The number of halogens is 1. The molecule has 5 heteroatoms. The molecule has 3 N–H and O–H groups in total. The lowest BCUT2D eigenvalue weighted by atomic mass is 9.99. The molecule has 0 saturated carbocycles. The number of hydrogen-bond donors (Lipinski definition) is 2. The number of anilines is 1. The lowest BCUT2D eigenvalue weighted by Crippen LogP contribution is -2.19. The second kappa shape index (κ2) is 4.75. The van der Waals surface area contributed by atoms with Crippen LogP contribution >= 0.6 is 11.6 Å². The van der Waals surface area contributed by atoms with Crippen molar-refractivity contribution >= 4 is 34.7 Å². The third kappa shape index (κ3) is 2.58. The number of aryl methyl sites for hydroxylation is 2. The van der Waals surface area contributed by atoms with Gasteiger partial charge in [0.1, 0.15) is 5.84 Å². The lowest BCUT2D eigenvalue weighted by Gasteiger charge is -2.19. The Labute approximate surface area is 105 Å². The topological polar surface area (TPSA) is 67.5 Å². The number of benzene rings is 1. The fourth-order valence-electron chi connectivity index (χ4n) is 1.91. The quantitative estimate of drug-likeness (QED) is 0.480. The second-order valence-electron chi connectivity index (χ2n) is 4.10. The number of alkyl halides is 1. The molecule has 0 radical (unpaired) electrons. The van der Waals surface area contributed by atoms with Crippen molar-refractivity contribution in [1.82, 2.24) is 0 Å². The predicted molar refractivity (Wildman–Crippen MR) is 70.1 cm³/mol. The molecule has 1 aliphatic heterocycles. The first-order valence-corrected chi connectivity index (χ1v) is 5.96. The van der Waals surface area contributed by atoms with E-state index in [4.69, 9.17) is 17.3 Å². The van der Waals surface area contributed by atoms with Gasteiger partial charge in [0.2, 0.25) is 5.91 Å². The van der Waals surface area contributed by atoms with E-state index >= 15 is 0 Å². The minimum Gasteiger partial charge on any atom is -0.386 e. The number of nitrogens with two attached hydrogens (primary N) is 1. The Hall–Kier alpha value is -1.55. The van der Waals surface area contributed by atoms with Gasteiger partial charge in [-0.15, -0.1) is 11.6 Å². The number of carbonyl (C=O) groups excluding carboxylic acids is 1. The van der Waals surface area contributed by atoms with Crippen LogP contribution in [0.15, 0.2) is 17.1 Å². The first-order valence-electron chi connectivity index (χ1n) is 5.42. The smallest absolute Gasteiger partial charge is 0.224 e. The summed E-state index contributed by atoms with van der Waals surface area (Å²) in [6, 6.07) is 3.95. The van der Waals surface area contributed by atoms with Crippen molar-refractivity contribution in [1.29, 1.82) is 0 Å². The molecule has 90 valence electrons. The fraction of sp³-hybridized carbons (Fsp3) is 0.333. The van der Waals surface area contributed by atoms with Crippen molar-refractivity contribution in [3.8, 4) is 0 Å². The van der Waals surface area contributed by atoms with Crippen molar-refractivity contribution in [2.45, 2.75) is 19.8 Å². The minimum absolute atomic E-state index is 0.0160. The van der Waals surface area contributed by atoms with Gasteiger partial charge >= 0.3 is 0 Å². The maximum Gasteiger partial charge on any atom is 0.224 e. The Morgan fingerprint density at radius 2 is 2.29 bits per heavy atom. The largest absolute Gasteiger partial charge is 0.386 e. The lowest BCUT2D eigenvalue weighted by molar-refractivity contribution is -0.116. The van der Waals surface area contributed by atoms with Crippen LogP contribution in [0.3, 0.4) is 0 Å². The van der Waals surface area contributed by atoms with Crippen LogP contribution in [0, 0.1) is 6.92 Å². The Balaban J connectivity index is 2.51. The standard InChI is InChI=1S/C12H14ClN3O/c1-7-4-8-2-3-11(17)16-12(8)9(5-7)15-10(14)6-13/h4-5H,2-3,6H2,1H3,(H2,14,15)(H,16,17). The van der Waals surface area contributed by atoms with Crippen LogP contribution < -0.4 is 11.1 Å². The van der Waals surface area contributed by atoms with Gasteiger partial charge < -0.3 is 11.1 Å². The number of fused-ring (bicyclic) bond motifs is 1. The van der Waals surface area contributed by atoms with E-state index in [1.165, 1.54) is 0 Å². The number of amides is 1. The summed E-state index contributed by atoms with van der Waals surface area (Å²) in [5, 5.41) is 2.84. The number of rotatable bonds is 2. The molecule has 0 bridgehead atoms. The van der Waals surface area contributed by atoms with E-state index in [1.54, 1.807) is 0 Å². The third-order valence-electron chi connectivity index (χ3n) is 2.63. The molecule has 0 saturated heterocycles. The highest BCUT2D eigenvalue weighted by Gasteiger charge is 2.18. The molecule has 1 amide bonds. The van der Waals surface area contributed by atoms with Crippen molar-refractivity contribution < 1.29 is 4.79 Å². The zero-order chi connectivity index (χ0) is 12.4. The Morgan fingerprint density at radius 1 is 1.53 bits per heavy atom. The highest BCUT2D eigenvalue weighted by Crippen LogP contribution is 2.34. The van der Waals surface area contributed by atoms with Crippen LogP contribution in [-0.4, -0.2) is 17.6 Å². The number of hydrogen-bond acceptors (Lipinski definition) is 2. The van der Waals surface area contributed by atoms with Crippen LogP contribution in [0.5, 0.6) is 0 Å². The summed E-state index contributed by atoms with van der Waals surface area (Å²) < 4.78 is 0. The first-order chi connectivity index (χ1) is 8.10. The molecule has 1 aromatic carbocycles. The van der Waals surface area contributed by atoms with Crippen molar-refractivity contribution in [3.63, 3.8) is 0 Å². The Kier molecular flexibility index (Phi) is 3.33. The molecule has 0 aromatic heterocycles. The van der Waals surface area contributed by atoms with Crippen molar-refractivity contribution in [2.75, 3.05) is 11.2 Å². The van der Waals surface area contributed by atoms with Gasteiger partial charge in [-0.2, -0.15) is 0 Å². The molecule has 0 fully saturated rings. The average Bonchev–Trinajstić information content (AvgIpc) is 2.29. The summed E-state index contributed by atoms with van der Waals surface area (Å²) in [5.41, 5.74) is 9.28. The monoisotopic (exact) mass is 251 g/mol. The molecular formula is C12H14ClN3O. The molecule has 4 nitrogen and oxygen atoms in total. The number of aliphatic imine (C=N–C) groups is 1. The van der Waals surface area contributed by atoms with E-state index in [0.717, 1.165) is 23.2 Å². The van der Waals surface area contributed by atoms with E-state index in [0.29, 0.717) is 17.9 Å². The molecule has 1 heterocycles. The van der Waals surface area contributed by atoms with Crippen LogP contribution in [0.2, 0.25) is 0 Å². The van der Waals surface area contributed by atoms with E-state index < -0.39 is 0 Å². The van der Waals surface area contributed by atoms with Gasteiger partial charge in [-0.3, -0.25) is 4.79 Å². The van der Waals surface area contributed by atoms with Crippen LogP contribution in [0.4, 0.5) is 11.4 Å². The van der Waals surface area contributed by atoms with Gasteiger partial charge in [0.25, 0.3) is 0 Å². The molecule has 1 aliphatic rings. The second-order valence-corrected chi connectivity index (χ2v) is 4.37. The molecule has 0 atom stereocenters. The van der Waals surface area contributed by atoms with Crippen molar-refractivity contribution in [3.05, 3.63) is 23.3 Å². The van der Waals surface area contributed by atoms with Crippen LogP contribution in [-0.2, 0) is 11.2 Å². The molecule has 1 aromatic rings. The normalized spacial score (nSPS) is 15.4. The van der Waals surface area contributed by atoms with Crippen LogP contribution in [0.25, 0.3) is 0 Å². The molecule has 0 aliphatic carbocycles. The zero-order valence-electron chi connectivity index (χ0n) is 9.59. The summed E-state index contributed by atoms with van der Waals surface area (Å²) in [6.45, 7) is 1.99. The van der Waals surface area contributed by atoms with E-state index in [-0.39, 0.29) is 11.8 Å². The van der Waals surface area contributed by atoms with Gasteiger partial charge in [0.15, 0.2) is 0 Å². The average molecular weight is 252 g/mol. The van der Waals surface area contributed by atoms with E-state index in [1.807, 2.05) is 13.0 Å². The zero-order valence-corrected chi connectivity index (χ0v) is 10.3. The predicted octanol–water partition coefficient (Wildman–Crippen LogP) is 2.11. The van der Waals surface area contributed by atoms with E-state index in [2.05, 4.69) is 16.4 Å². The minimum atomic E-state index is 0.0160. The van der Waals surface area contributed by atoms with E-state index in [9.17, 15) is 4.79 Å². The molecule has 0 spiro atoms. The van der Waals surface area contributed by atoms with Crippen LogP contribution in [0.1, 0.15) is 17.5 Å². The van der Waals surface area contributed by atoms with Gasteiger partial charge in [-0.1, -0.05) is 6.07 Å². The molecular weight excluding hydrogens is 238 g/mol. The number of nitrogens with zero attached hydrogens (tertiary/aromatic N) is 1. The number of carbonyl (C=O) groups is 1. The highest BCUT2D eigenvalue weighted by molar-refractivity contribution is 6.28. The SMILES string of the molecule is Cc1cc2c(c(N=C(N)CCl)c1)NC(=O)CC2. The summed E-state index contributed by atoms with van der Waals surface area (Å²) in [7, 11) is 0. The summed E-state index contributed by atoms with van der Waals surface area (Å²) in [5.74, 6) is 0.540. The maximum absolute atomic E-state index is 11.4. The number of amidine groups is 1. The van der Waals surface area contributed by atoms with Gasteiger partial charge in [0, 0.05) is 6.42 Å². The summed E-state index contributed by atoms with van der Waals surface area (Å²) in [4.78, 5) is 15.6. The molecule has 2 rings (SSSR count). The maximum atomic E-state index is 11.4. The van der Waals surface area contributed by atoms with Gasteiger partial charge in [0.05, 0.1) is 17.3 Å². The van der Waals surface area contributed by atoms with Crippen molar-refractivity contribution in [2.24, 2.45) is 10.7 Å². The summed E-state index contributed by atoms with van der Waals surface area (Å²) >= 11 is 5.61. The molecule has 17 heavy (non-hydrogen) atoms.